The lowest BCUT2D eigenvalue weighted by Gasteiger charge is -2.04. The first kappa shape index (κ1) is 14.5. The molecule has 0 fully saturated rings. The Morgan fingerprint density at radius 1 is 1.23 bits per heavy atom. The quantitative estimate of drug-likeness (QED) is 0.543. The van der Waals surface area contributed by atoms with Crippen LogP contribution in [-0.2, 0) is 0 Å². The summed E-state index contributed by atoms with van der Waals surface area (Å²) in [7, 11) is 0. The van der Waals surface area contributed by atoms with Gasteiger partial charge in [0.1, 0.15) is 11.1 Å². The van der Waals surface area contributed by atoms with Gasteiger partial charge >= 0.3 is 0 Å². The number of nitriles is 1. The predicted octanol–water partition coefficient (Wildman–Crippen LogP) is 4.65. The molecule has 2 N–H and O–H groups in total. The van der Waals surface area contributed by atoms with Crippen molar-refractivity contribution >= 4 is 45.9 Å². The fourth-order valence-electron chi connectivity index (χ4n) is 2.10. The highest BCUT2D eigenvalue weighted by Gasteiger charge is 2.11. The van der Waals surface area contributed by atoms with Crippen molar-refractivity contribution in [1.82, 2.24) is 4.98 Å². The van der Waals surface area contributed by atoms with E-state index in [-0.39, 0.29) is 5.91 Å². The molecule has 1 amide bonds. The van der Waals surface area contributed by atoms with Crippen molar-refractivity contribution in [1.29, 1.82) is 5.26 Å². The molecule has 0 aliphatic rings. The van der Waals surface area contributed by atoms with Gasteiger partial charge in [-0.05, 0) is 48.2 Å². The highest BCUT2D eigenvalue weighted by molar-refractivity contribution is 8.03. The number of para-hydroxylation sites is 1. The number of fused-ring (bicyclic) bond motifs is 1. The van der Waals surface area contributed by atoms with Gasteiger partial charge in [0.25, 0.3) is 5.91 Å². The van der Waals surface area contributed by atoms with Gasteiger partial charge in [0.15, 0.2) is 0 Å². The molecule has 3 rings (SSSR count). The number of anilines is 1. The average Bonchev–Trinajstić information content (AvgIpc) is 2.95. The fraction of sp³-hybridized carbons (Fsp3) is 0. The van der Waals surface area contributed by atoms with Crippen molar-refractivity contribution in [3.8, 4) is 5.40 Å². The van der Waals surface area contributed by atoms with Crippen molar-refractivity contribution in [3.63, 3.8) is 0 Å². The van der Waals surface area contributed by atoms with Crippen molar-refractivity contribution in [2.75, 3.05) is 5.32 Å². The van der Waals surface area contributed by atoms with Crippen LogP contribution in [0.4, 0.5) is 5.69 Å². The molecule has 0 saturated heterocycles. The molecule has 6 heteroatoms. The lowest BCUT2D eigenvalue weighted by Crippen LogP contribution is -2.12. The number of carbonyl (C=O) groups excluding carboxylic acids is 1. The van der Waals surface area contributed by atoms with Crippen LogP contribution in [0.15, 0.2) is 53.4 Å². The summed E-state index contributed by atoms with van der Waals surface area (Å²) in [5, 5.41) is 14.9. The van der Waals surface area contributed by atoms with E-state index in [9.17, 15) is 4.79 Å². The van der Waals surface area contributed by atoms with Crippen LogP contribution in [0, 0.1) is 10.7 Å². The van der Waals surface area contributed by atoms with Crippen LogP contribution in [0.5, 0.6) is 0 Å². The van der Waals surface area contributed by atoms with E-state index >= 15 is 0 Å². The highest BCUT2D eigenvalue weighted by atomic mass is 35.5. The standard InChI is InChI=1S/C16H10ClN3OS/c17-13-3-1-2-10-8-14(20-15(10)13)16(21)19-11-4-6-12(7-5-11)22-9-18/h1-8,20H,(H,19,21). The average molecular weight is 328 g/mol. The molecule has 0 aliphatic carbocycles. The number of carbonyl (C=O) groups is 1. The summed E-state index contributed by atoms with van der Waals surface area (Å²) in [5.74, 6) is -0.243. The third kappa shape index (κ3) is 2.93. The summed E-state index contributed by atoms with van der Waals surface area (Å²) in [6.07, 6.45) is 0. The molecule has 22 heavy (non-hydrogen) atoms. The Hall–Kier alpha value is -2.42. The summed E-state index contributed by atoms with van der Waals surface area (Å²) >= 11 is 7.17. The van der Waals surface area contributed by atoms with Gasteiger partial charge in [0, 0.05) is 16.0 Å². The van der Waals surface area contributed by atoms with E-state index in [1.54, 1.807) is 36.4 Å². The van der Waals surface area contributed by atoms with Gasteiger partial charge in [-0.15, -0.1) is 0 Å². The molecule has 0 unspecified atom stereocenters. The van der Waals surface area contributed by atoms with Crippen LogP contribution in [0.3, 0.4) is 0 Å². The Morgan fingerprint density at radius 3 is 2.68 bits per heavy atom. The lowest BCUT2D eigenvalue weighted by atomic mass is 10.2. The zero-order valence-electron chi connectivity index (χ0n) is 11.3. The molecule has 1 aromatic heterocycles. The first-order chi connectivity index (χ1) is 10.7. The number of benzene rings is 2. The molecule has 0 saturated carbocycles. The molecular weight excluding hydrogens is 318 g/mol. The largest absolute Gasteiger partial charge is 0.349 e. The van der Waals surface area contributed by atoms with E-state index in [0.717, 1.165) is 27.6 Å². The minimum absolute atomic E-state index is 0.243. The summed E-state index contributed by atoms with van der Waals surface area (Å²) in [6.45, 7) is 0. The summed E-state index contributed by atoms with van der Waals surface area (Å²) < 4.78 is 0. The van der Waals surface area contributed by atoms with Crippen LogP contribution in [0.2, 0.25) is 5.02 Å². The Kier molecular flexibility index (Phi) is 4.05. The molecule has 2 aromatic carbocycles. The van der Waals surface area contributed by atoms with E-state index < -0.39 is 0 Å². The maximum atomic E-state index is 12.3. The maximum Gasteiger partial charge on any atom is 0.272 e. The predicted molar refractivity (Wildman–Crippen MR) is 89.2 cm³/mol. The number of amides is 1. The van der Waals surface area contributed by atoms with Crippen molar-refractivity contribution < 1.29 is 4.79 Å². The van der Waals surface area contributed by atoms with E-state index in [2.05, 4.69) is 10.3 Å². The lowest BCUT2D eigenvalue weighted by molar-refractivity contribution is 0.102. The number of aromatic nitrogens is 1. The zero-order chi connectivity index (χ0) is 15.5. The first-order valence-electron chi connectivity index (χ1n) is 6.42. The molecule has 4 nitrogen and oxygen atoms in total. The molecule has 1 heterocycles. The number of halogens is 1. The van der Waals surface area contributed by atoms with Gasteiger partial charge in [-0.2, -0.15) is 5.26 Å². The molecule has 108 valence electrons. The Balaban J connectivity index is 1.81. The molecule has 0 radical (unpaired) electrons. The summed E-state index contributed by atoms with van der Waals surface area (Å²) in [4.78, 5) is 16.1. The van der Waals surface area contributed by atoms with E-state index in [1.165, 1.54) is 0 Å². The first-order valence-corrected chi connectivity index (χ1v) is 7.61. The van der Waals surface area contributed by atoms with Gasteiger partial charge in [-0.3, -0.25) is 4.79 Å². The number of thioether (sulfide) groups is 1. The van der Waals surface area contributed by atoms with Crippen molar-refractivity contribution in [2.24, 2.45) is 0 Å². The molecule has 0 atom stereocenters. The van der Waals surface area contributed by atoms with Crippen LogP contribution < -0.4 is 5.32 Å². The number of nitrogens with one attached hydrogen (secondary N) is 2. The van der Waals surface area contributed by atoms with E-state index in [4.69, 9.17) is 16.9 Å². The van der Waals surface area contributed by atoms with Crippen molar-refractivity contribution in [2.45, 2.75) is 4.90 Å². The van der Waals surface area contributed by atoms with Gasteiger partial charge in [0.2, 0.25) is 0 Å². The number of thiocyanates is 1. The number of rotatable bonds is 3. The Bertz CT molecular complexity index is 881. The van der Waals surface area contributed by atoms with Crippen LogP contribution in [0.1, 0.15) is 10.5 Å². The van der Waals surface area contributed by atoms with Crippen LogP contribution >= 0.6 is 23.4 Å². The molecule has 3 aromatic rings. The number of H-pyrrole nitrogens is 1. The number of nitrogens with zero attached hydrogens (tertiary/aromatic N) is 1. The van der Waals surface area contributed by atoms with Gasteiger partial charge in [-0.25, -0.2) is 0 Å². The number of aromatic amines is 1. The second-order valence-electron chi connectivity index (χ2n) is 4.56. The van der Waals surface area contributed by atoms with E-state index in [1.807, 2.05) is 17.5 Å². The Morgan fingerprint density at radius 2 is 2.00 bits per heavy atom. The minimum Gasteiger partial charge on any atom is -0.349 e. The van der Waals surface area contributed by atoms with Gasteiger partial charge < -0.3 is 10.3 Å². The highest BCUT2D eigenvalue weighted by Crippen LogP contribution is 2.24. The normalized spacial score (nSPS) is 10.4. The molecule has 0 bridgehead atoms. The fourth-order valence-corrected chi connectivity index (χ4v) is 2.71. The van der Waals surface area contributed by atoms with E-state index in [0.29, 0.717) is 16.4 Å². The van der Waals surface area contributed by atoms with Gasteiger partial charge in [0.05, 0.1) is 10.5 Å². The maximum absolute atomic E-state index is 12.3. The second kappa shape index (κ2) is 6.14. The topological polar surface area (TPSA) is 68.7 Å². The third-order valence-corrected chi connectivity index (χ3v) is 4.04. The second-order valence-corrected chi connectivity index (χ2v) is 5.82. The SMILES string of the molecule is N#CSc1ccc(NC(=O)c2cc3cccc(Cl)c3[nH]2)cc1. The monoisotopic (exact) mass is 327 g/mol. The summed E-state index contributed by atoms with van der Waals surface area (Å²) in [6, 6.07) is 14.3. The minimum atomic E-state index is -0.243. The molecular formula is C16H10ClN3OS. The summed E-state index contributed by atoms with van der Waals surface area (Å²) in [5.41, 5.74) is 1.85. The Labute approximate surface area is 136 Å². The molecule has 0 spiro atoms. The third-order valence-electron chi connectivity index (χ3n) is 3.13. The van der Waals surface area contributed by atoms with Crippen LogP contribution in [-0.4, -0.2) is 10.9 Å². The van der Waals surface area contributed by atoms with Crippen molar-refractivity contribution in [3.05, 3.63) is 59.2 Å². The number of hydrogen-bond donors (Lipinski definition) is 2. The number of hydrogen-bond acceptors (Lipinski definition) is 3. The molecule has 0 aliphatic heterocycles. The zero-order valence-corrected chi connectivity index (χ0v) is 12.8. The van der Waals surface area contributed by atoms with Crippen LogP contribution in [0.25, 0.3) is 10.9 Å². The van der Waals surface area contributed by atoms with Gasteiger partial charge in [-0.1, -0.05) is 23.7 Å². The smallest absolute Gasteiger partial charge is 0.272 e.